The van der Waals surface area contributed by atoms with Gasteiger partial charge >= 0.3 is 6.18 Å². The third-order valence-corrected chi connectivity index (χ3v) is 7.09. The zero-order valence-electron chi connectivity index (χ0n) is 19.3. The van der Waals surface area contributed by atoms with Gasteiger partial charge in [-0.05, 0) is 65.4 Å². The van der Waals surface area contributed by atoms with Crippen LogP contribution in [0, 0.1) is 0 Å². The normalized spacial score (nSPS) is 16.3. The van der Waals surface area contributed by atoms with Gasteiger partial charge in [-0.15, -0.1) is 5.10 Å². The largest absolute Gasteiger partial charge is 0.416 e. The van der Waals surface area contributed by atoms with Gasteiger partial charge in [0.05, 0.1) is 22.4 Å². The number of fused-ring (bicyclic) bond motifs is 1. The molecule has 1 aliphatic rings. The highest BCUT2D eigenvalue weighted by molar-refractivity contribution is 9.10. The second-order valence-electron chi connectivity index (χ2n) is 8.25. The van der Waals surface area contributed by atoms with Crippen molar-refractivity contribution in [1.82, 2.24) is 19.2 Å². The molecule has 8 nitrogen and oxygen atoms in total. The van der Waals surface area contributed by atoms with Gasteiger partial charge in [0.2, 0.25) is 11.7 Å². The second kappa shape index (κ2) is 10.3. The molecule has 2 aromatic heterocycles. The first kappa shape index (κ1) is 26.4. The summed E-state index contributed by atoms with van der Waals surface area (Å²) in [4.78, 5) is 30.4. The second-order valence-corrected chi connectivity index (χ2v) is 9.45. The number of amides is 1. The Bertz CT molecular complexity index is 1420. The van der Waals surface area contributed by atoms with Crippen molar-refractivity contribution in [3.05, 3.63) is 61.2 Å². The predicted molar refractivity (Wildman–Crippen MR) is 132 cm³/mol. The fraction of sp³-hybridized carbons (Fsp3) is 0.391. The molecule has 1 amide bonds. The number of aromatic nitrogens is 4. The number of rotatable bonds is 6. The molecular formula is C23H22BrClF3N5O3. The summed E-state index contributed by atoms with van der Waals surface area (Å²) >= 11 is 9.30. The van der Waals surface area contributed by atoms with Gasteiger partial charge in [-0.2, -0.15) is 22.7 Å². The Hall–Kier alpha value is -2.70. The van der Waals surface area contributed by atoms with Crippen LogP contribution >= 0.6 is 27.5 Å². The molecule has 0 spiro atoms. The molecule has 1 N–H and O–H groups in total. The third kappa shape index (κ3) is 5.21. The zero-order chi connectivity index (χ0) is 26.2. The summed E-state index contributed by atoms with van der Waals surface area (Å²) in [6, 6.07) is 2.68. The zero-order valence-corrected chi connectivity index (χ0v) is 21.7. The summed E-state index contributed by atoms with van der Waals surface area (Å²) in [5.41, 5.74) is 0.111. The molecule has 3 aromatic rings. The fourth-order valence-electron chi connectivity index (χ4n) is 4.07. The van der Waals surface area contributed by atoms with Crippen LogP contribution in [0.15, 0.2) is 33.5 Å². The summed E-state index contributed by atoms with van der Waals surface area (Å²) in [6.07, 6.45) is 0.121. The van der Waals surface area contributed by atoms with Crippen molar-refractivity contribution in [3.8, 4) is 0 Å². The molecule has 0 saturated carbocycles. The highest BCUT2D eigenvalue weighted by Gasteiger charge is 2.31. The minimum absolute atomic E-state index is 0.0334. The number of benzene rings is 1. The van der Waals surface area contributed by atoms with Crippen LogP contribution < -0.4 is 10.9 Å². The topological polar surface area (TPSA) is 90.5 Å². The van der Waals surface area contributed by atoms with Crippen molar-refractivity contribution < 1.29 is 22.7 Å². The Kier molecular flexibility index (Phi) is 7.58. The van der Waals surface area contributed by atoms with Crippen molar-refractivity contribution in [3.63, 3.8) is 0 Å². The van der Waals surface area contributed by atoms with Crippen LogP contribution in [-0.2, 0) is 28.7 Å². The first-order chi connectivity index (χ1) is 17.0. The van der Waals surface area contributed by atoms with E-state index in [1.54, 1.807) is 11.7 Å². The number of carbonyl (C=O) groups excluding carboxylic acids is 1. The first-order valence-electron chi connectivity index (χ1n) is 11.1. The van der Waals surface area contributed by atoms with Crippen molar-refractivity contribution in [2.75, 3.05) is 12.4 Å². The molecule has 0 aliphatic heterocycles. The van der Waals surface area contributed by atoms with E-state index in [0.717, 1.165) is 34.7 Å². The van der Waals surface area contributed by atoms with E-state index in [-0.39, 0.29) is 33.6 Å². The number of nitrogens with zero attached hydrogens (tertiary/aromatic N) is 4. The lowest BCUT2D eigenvalue weighted by Gasteiger charge is -2.18. The van der Waals surface area contributed by atoms with E-state index in [4.69, 9.17) is 16.3 Å². The van der Waals surface area contributed by atoms with Crippen LogP contribution in [0.1, 0.15) is 43.3 Å². The highest BCUT2D eigenvalue weighted by atomic mass is 79.9. The summed E-state index contributed by atoms with van der Waals surface area (Å²) in [5, 5.41) is 6.68. The maximum Gasteiger partial charge on any atom is 0.416 e. The van der Waals surface area contributed by atoms with Gasteiger partial charge in [-0.25, -0.2) is 0 Å². The van der Waals surface area contributed by atoms with E-state index in [2.05, 4.69) is 31.3 Å². The summed E-state index contributed by atoms with van der Waals surface area (Å²) < 4.78 is 47.1. The van der Waals surface area contributed by atoms with E-state index in [1.165, 1.54) is 0 Å². The van der Waals surface area contributed by atoms with E-state index >= 15 is 0 Å². The van der Waals surface area contributed by atoms with Crippen molar-refractivity contribution >= 4 is 50.5 Å². The van der Waals surface area contributed by atoms with Crippen LogP contribution in [0.3, 0.4) is 0 Å². The van der Waals surface area contributed by atoms with Gasteiger partial charge in [-0.1, -0.05) is 24.6 Å². The predicted octanol–water partition coefficient (Wildman–Crippen LogP) is 5.11. The molecule has 0 radical (unpaired) electrons. The number of alkyl halides is 3. The molecule has 1 unspecified atom stereocenters. The molecule has 36 heavy (non-hydrogen) atoms. The van der Waals surface area contributed by atoms with Crippen LogP contribution in [0.4, 0.5) is 18.9 Å². The molecule has 1 atom stereocenters. The average molecular weight is 589 g/mol. The average Bonchev–Trinajstić information content (AvgIpc) is 3.29. The van der Waals surface area contributed by atoms with E-state index in [1.807, 2.05) is 13.0 Å². The Labute approximate surface area is 217 Å². The number of allylic oxidation sites excluding steroid dienone is 1. The van der Waals surface area contributed by atoms with Crippen molar-refractivity contribution in [1.29, 1.82) is 0 Å². The maximum atomic E-state index is 12.9. The lowest BCUT2D eigenvalue weighted by Crippen LogP contribution is -2.28. The number of hydrogen-bond acceptors (Lipinski definition) is 5. The molecule has 4 rings (SSSR count). The lowest BCUT2D eigenvalue weighted by molar-refractivity contribution is -0.137. The minimum atomic E-state index is -4.56. The van der Waals surface area contributed by atoms with Crippen LogP contribution in [-0.4, -0.2) is 38.3 Å². The summed E-state index contributed by atoms with van der Waals surface area (Å²) in [5.74, 6) is 0.00778. The van der Waals surface area contributed by atoms with Gasteiger partial charge < -0.3 is 14.6 Å². The number of carbonyl (C=O) groups is 1. The molecular weight excluding hydrogens is 567 g/mol. The minimum Gasteiger partial charge on any atom is -0.381 e. The molecule has 1 aliphatic carbocycles. The standard InChI is InChI=1S/C23H22BrClF3N5O3/c1-3-17-19(24)21(35)33-22(30-20(31-33)12-4-7-14(36-2)8-5-12)32(17)11-18(34)29-16-9-6-13(10-15(16)25)23(26,27)28/h4,6,9-10,14H,3,5,7-8,11H2,1-2H3,(H,29,34). The maximum absolute atomic E-state index is 12.9. The number of anilines is 1. The van der Waals surface area contributed by atoms with E-state index < -0.39 is 23.2 Å². The number of halogens is 5. The van der Waals surface area contributed by atoms with Gasteiger partial charge in [0.1, 0.15) is 11.0 Å². The van der Waals surface area contributed by atoms with Gasteiger partial charge in [0.15, 0.2) is 5.82 Å². The van der Waals surface area contributed by atoms with Crippen LogP contribution in [0.2, 0.25) is 5.02 Å². The van der Waals surface area contributed by atoms with Gasteiger partial charge in [0.25, 0.3) is 5.56 Å². The number of methoxy groups -OCH3 is 1. The van der Waals surface area contributed by atoms with Gasteiger partial charge in [-0.3, -0.25) is 9.59 Å². The SMILES string of the molecule is CCc1c(Br)c(=O)n2nc(C3=CCC(OC)CC3)nc2n1CC(=O)Nc1ccc(C(F)(F)F)cc1Cl. The Morgan fingerprint density at radius 3 is 2.69 bits per heavy atom. The molecule has 0 fully saturated rings. The van der Waals surface area contributed by atoms with Crippen LogP contribution in [0.25, 0.3) is 11.4 Å². The van der Waals surface area contributed by atoms with Gasteiger partial charge in [0, 0.05) is 12.8 Å². The van der Waals surface area contributed by atoms with Crippen LogP contribution in [0.5, 0.6) is 0 Å². The van der Waals surface area contributed by atoms with Crippen molar-refractivity contribution in [2.45, 2.75) is 51.4 Å². The summed E-state index contributed by atoms with van der Waals surface area (Å²) in [7, 11) is 1.66. The lowest BCUT2D eigenvalue weighted by atomic mass is 9.97. The van der Waals surface area contributed by atoms with Crippen molar-refractivity contribution in [2.24, 2.45) is 0 Å². The molecule has 13 heteroatoms. The Morgan fingerprint density at radius 2 is 2.11 bits per heavy atom. The molecule has 0 bridgehead atoms. The van der Waals surface area contributed by atoms with E-state index in [9.17, 15) is 22.8 Å². The monoisotopic (exact) mass is 587 g/mol. The van der Waals surface area contributed by atoms with E-state index in [0.29, 0.717) is 30.8 Å². The fourth-order valence-corrected chi connectivity index (χ4v) is 4.96. The molecule has 2 heterocycles. The quantitative estimate of drug-likeness (QED) is 0.432. The first-order valence-corrected chi connectivity index (χ1v) is 12.3. The molecule has 192 valence electrons. The number of ether oxygens (including phenoxy) is 1. The molecule has 1 aromatic carbocycles. The Morgan fingerprint density at radius 1 is 1.36 bits per heavy atom. The molecule has 0 saturated heterocycles. The Balaban J connectivity index is 1.68. The summed E-state index contributed by atoms with van der Waals surface area (Å²) in [6.45, 7) is 1.55. The third-order valence-electron chi connectivity index (χ3n) is 5.98. The number of hydrogen-bond donors (Lipinski definition) is 1. The smallest absolute Gasteiger partial charge is 0.381 e. The highest BCUT2D eigenvalue weighted by Crippen LogP contribution is 2.34. The number of nitrogens with one attached hydrogen (secondary N) is 1.